The third-order valence-corrected chi connectivity index (χ3v) is 4.15. The summed E-state index contributed by atoms with van der Waals surface area (Å²) in [6, 6.07) is 20.4. The second kappa shape index (κ2) is 6.69. The Morgan fingerprint density at radius 2 is 1.56 bits per heavy atom. The van der Waals surface area contributed by atoms with Crippen molar-refractivity contribution < 1.29 is 0 Å². The third-order valence-electron chi connectivity index (χ3n) is 4.15. The van der Waals surface area contributed by atoms with Crippen LogP contribution in [0.25, 0.3) is 22.2 Å². The number of para-hydroxylation sites is 2. The Balaban J connectivity index is 1.51. The van der Waals surface area contributed by atoms with Gasteiger partial charge in [0.15, 0.2) is 0 Å². The average molecular weight is 326 g/mol. The van der Waals surface area contributed by atoms with Gasteiger partial charge in [-0.1, -0.05) is 42.5 Å². The zero-order valence-electron chi connectivity index (χ0n) is 14.0. The topological polar surface area (TPSA) is 50.7 Å². The fraction of sp³-hybridized carbons (Fsp3) is 0.0952. The first-order valence-corrected chi connectivity index (χ1v) is 8.26. The summed E-state index contributed by atoms with van der Waals surface area (Å²) in [5.41, 5.74) is 6.22. The fourth-order valence-electron chi connectivity index (χ4n) is 2.79. The van der Waals surface area contributed by atoms with Crippen LogP contribution in [0.2, 0.25) is 0 Å². The smallest absolute Gasteiger partial charge is 0.148 e. The first-order valence-electron chi connectivity index (χ1n) is 8.26. The van der Waals surface area contributed by atoms with Gasteiger partial charge in [-0.2, -0.15) is 0 Å². The summed E-state index contributed by atoms with van der Waals surface area (Å²) in [4.78, 5) is 13.4. The molecule has 0 aliphatic rings. The average Bonchev–Trinajstić information content (AvgIpc) is 2.67. The molecule has 0 aliphatic carbocycles. The van der Waals surface area contributed by atoms with Crippen molar-refractivity contribution in [1.82, 2.24) is 15.0 Å². The van der Waals surface area contributed by atoms with E-state index in [1.165, 1.54) is 11.1 Å². The minimum atomic E-state index is 0.710. The highest BCUT2D eigenvalue weighted by Gasteiger charge is 2.05. The zero-order valence-corrected chi connectivity index (χ0v) is 14.0. The molecular formula is C21H18N4. The van der Waals surface area contributed by atoms with E-state index in [2.05, 4.69) is 50.6 Å². The van der Waals surface area contributed by atoms with Gasteiger partial charge >= 0.3 is 0 Å². The molecule has 0 fully saturated rings. The maximum atomic E-state index is 4.67. The number of rotatable bonds is 4. The highest BCUT2D eigenvalue weighted by atomic mass is 15.0. The number of nitrogens with one attached hydrogen (secondary N) is 1. The molecule has 4 rings (SSSR count). The number of aromatic nitrogens is 3. The quantitative estimate of drug-likeness (QED) is 0.595. The Morgan fingerprint density at radius 1 is 0.800 bits per heavy atom. The molecule has 1 N–H and O–H groups in total. The lowest BCUT2D eigenvalue weighted by Crippen LogP contribution is -2.04. The molecule has 0 saturated heterocycles. The number of aryl methyl sites for hydroxylation is 1. The number of pyridine rings is 1. The third kappa shape index (κ3) is 3.33. The standard InChI is InChI=1S/C21H18N4/c1-15-21(25-20-7-3-2-6-19(20)24-15)23-13-16-8-10-17(11-9-16)18-5-4-12-22-14-18/h2-12,14H,13H2,1H3,(H,23,25). The lowest BCUT2D eigenvalue weighted by molar-refractivity contribution is 1.08. The first kappa shape index (κ1) is 15.3. The van der Waals surface area contributed by atoms with Crippen molar-refractivity contribution in [2.45, 2.75) is 13.5 Å². The molecule has 2 heterocycles. The van der Waals surface area contributed by atoms with Gasteiger partial charge in [0.05, 0.1) is 16.7 Å². The number of benzene rings is 2. The Morgan fingerprint density at radius 3 is 2.28 bits per heavy atom. The van der Waals surface area contributed by atoms with E-state index >= 15 is 0 Å². The van der Waals surface area contributed by atoms with Crippen LogP contribution >= 0.6 is 0 Å². The predicted octanol–water partition coefficient (Wildman–Crippen LogP) is 4.61. The van der Waals surface area contributed by atoms with Crippen LogP contribution in [-0.2, 0) is 6.54 Å². The largest absolute Gasteiger partial charge is 0.364 e. The van der Waals surface area contributed by atoms with Crippen LogP contribution < -0.4 is 5.32 Å². The lowest BCUT2D eigenvalue weighted by atomic mass is 10.1. The van der Waals surface area contributed by atoms with Crippen molar-refractivity contribution in [2.24, 2.45) is 0 Å². The molecule has 4 nitrogen and oxygen atoms in total. The van der Waals surface area contributed by atoms with Crippen LogP contribution in [0, 0.1) is 6.92 Å². The summed E-state index contributed by atoms with van der Waals surface area (Å²) in [6.45, 7) is 2.69. The summed E-state index contributed by atoms with van der Waals surface area (Å²) in [6.07, 6.45) is 3.66. The van der Waals surface area contributed by atoms with Crippen molar-refractivity contribution >= 4 is 16.9 Å². The molecule has 4 aromatic rings. The highest BCUT2D eigenvalue weighted by Crippen LogP contribution is 2.20. The van der Waals surface area contributed by atoms with Gasteiger partial charge in [-0.25, -0.2) is 9.97 Å². The second-order valence-electron chi connectivity index (χ2n) is 5.94. The Hall–Kier alpha value is -3.27. The maximum absolute atomic E-state index is 4.67. The van der Waals surface area contributed by atoms with Gasteiger partial charge in [-0.15, -0.1) is 0 Å². The minimum absolute atomic E-state index is 0.710. The van der Waals surface area contributed by atoms with Gasteiger partial charge < -0.3 is 5.32 Å². The molecule has 0 bridgehead atoms. The van der Waals surface area contributed by atoms with Gasteiger partial charge in [0.25, 0.3) is 0 Å². The molecule has 0 saturated carbocycles. The molecule has 2 aromatic heterocycles. The van der Waals surface area contributed by atoms with Crippen molar-refractivity contribution in [3.05, 3.63) is 84.3 Å². The van der Waals surface area contributed by atoms with E-state index in [0.29, 0.717) is 6.54 Å². The van der Waals surface area contributed by atoms with E-state index in [0.717, 1.165) is 28.1 Å². The molecule has 0 aliphatic heterocycles. The van der Waals surface area contributed by atoms with E-state index in [1.807, 2.05) is 43.5 Å². The minimum Gasteiger partial charge on any atom is -0.364 e. The van der Waals surface area contributed by atoms with E-state index < -0.39 is 0 Å². The Kier molecular flexibility index (Phi) is 4.09. The van der Waals surface area contributed by atoms with Gasteiger partial charge in [-0.05, 0) is 41.8 Å². The van der Waals surface area contributed by atoms with E-state index in [1.54, 1.807) is 6.20 Å². The zero-order chi connectivity index (χ0) is 17.1. The first-order chi connectivity index (χ1) is 12.3. The molecule has 0 unspecified atom stereocenters. The van der Waals surface area contributed by atoms with Crippen molar-refractivity contribution in [1.29, 1.82) is 0 Å². The monoisotopic (exact) mass is 326 g/mol. The number of nitrogens with zero attached hydrogens (tertiary/aromatic N) is 3. The molecule has 2 aromatic carbocycles. The summed E-state index contributed by atoms with van der Waals surface area (Å²) in [5, 5.41) is 3.39. The Labute approximate surface area is 146 Å². The van der Waals surface area contributed by atoms with Crippen LogP contribution in [0.15, 0.2) is 73.1 Å². The van der Waals surface area contributed by atoms with Crippen LogP contribution in [0.1, 0.15) is 11.3 Å². The van der Waals surface area contributed by atoms with E-state index in [4.69, 9.17) is 0 Å². The van der Waals surface area contributed by atoms with Gasteiger partial charge in [0.1, 0.15) is 5.82 Å². The highest BCUT2D eigenvalue weighted by molar-refractivity contribution is 5.76. The van der Waals surface area contributed by atoms with Gasteiger partial charge in [-0.3, -0.25) is 4.98 Å². The molecule has 4 heteroatoms. The maximum Gasteiger partial charge on any atom is 0.148 e. The van der Waals surface area contributed by atoms with Crippen LogP contribution in [-0.4, -0.2) is 15.0 Å². The van der Waals surface area contributed by atoms with Gasteiger partial charge in [0.2, 0.25) is 0 Å². The summed E-state index contributed by atoms with van der Waals surface area (Å²) in [5.74, 6) is 0.829. The lowest BCUT2D eigenvalue weighted by Gasteiger charge is -2.10. The van der Waals surface area contributed by atoms with Crippen LogP contribution in [0.3, 0.4) is 0 Å². The number of hydrogen-bond acceptors (Lipinski definition) is 4. The normalized spacial score (nSPS) is 10.8. The molecular weight excluding hydrogens is 308 g/mol. The molecule has 122 valence electrons. The summed E-state index contributed by atoms with van der Waals surface area (Å²) in [7, 11) is 0. The summed E-state index contributed by atoms with van der Waals surface area (Å²) >= 11 is 0. The number of hydrogen-bond donors (Lipinski definition) is 1. The van der Waals surface area contributed by atoms with Crippen LogP contribution in [0.4, 0.5) is 5.82 Å². The number of fused-ring (bicyclic) bond motifs is 1. The number of anilines is 1. The van der Waals surface area contributed by atoms with Crippen LogP contribution in [0.5, 0.6) is 0 Å². The molecule has 0 radical (unpaired) electrons. The van der Waals surface area contributed by atoms with Crippen molar-refractivity contribution in [3.8, 4) is 11.1 Å². The second-order valence-corrected chi connectivity index (χ2v) is 5.94. The van der Waals surface area contributed by atoms with Gasteiger partial charge in [0, 0.05) is 18.9 Å². The SMILES string of the molecule is Cc1nc2ccccc2nc1NCc1ccc(-c2cccnc2)cc1. The van der Waals surface area contributed by atoms with E-state index in [9.17, 15) is 0 Å². The molecule has 0 atom stereocenters. The molecule has 25 heavy (non-hydrogen) atoms. The van der Waals surface area contributed by atoms with Crippen molar-refractivity contribution in [2.75, 3.05) is 5.32 Å². The molecule has 0 amide bonds. The van der Waals surface area contributed by atoms with E-state index in [-0.39, 0.29) is 0 Å². The summed E-state index contributed by atoms with van der Waals surface area (Å²) < 4.78 is 0. The Bertz CT molecular complexity index is 995. The fourth-order valence-corrected chi connectivity index (χ4v) is 2.79. The predicted molar refractivity (Wildman–Crippen MR) is 101 cm³/mol. The van der Waals surface area contributed by atoms with Crippen molar-refractivity contribution in [3.63, 3.8) is 0 Å². The molecule has 0 spiro atoms.